The highest BCUT2D eigenvalue weighted by Gasteiger charge is 2.31. The number of benzene rings is 1. The van der Waals surface area contributed by atoms with Gasteiger partial charge in [-0.1, -0.05) is 39.0 Å². The molecule has 2 aliphatic rings. The summed E-state index contributed by atoms with van der Waals surface area (Å²) in [4.78, 5) is 0. The summed E-state index contributed by atoms with van der Waals surface area (Å²) in [6, 6.07) is 2.10. The van der Waals surface area contributed by atoms with Gasteiger partial charge in [-0.15, -0.1) is 0 Å². The minimum Gasteiger partial charge on any atom is -0.490 e. The summed E-state index contributed by atoms with van der Waals surface area (Å²) in [5.41, 5.74) is 0. The SMILES string of the molecule is CCCC[C@H]1CC[C@H](C2CCC(COc3ccc(F)c(F)c3F)CC2)CC1. The molecule has 0 radical (unpaired) electrons. The van der Waals surface area contributed by atoms with Crippen LogP contribution in [0.2, 0.25) is 0 Å². The zero-order chi connectivity index (χ0) is 19.2. The van der Waals surface area contributed by atoms with Crippen LogP contribution in [0.4, 0.5) is 13.2 Å². The van der Waals surface area contributed by atoms with E-state index in [1.165, 1.54) is 63.9 Å². The Morgan fingerprint density at radius 2 is 1.41 bits per heavy atom. The molecule has 27 heavy (non-hydrogen) atoms. The minimum absolute atomic E-state index is 0.179. The Bertz CT molecular complexity index is 588. The van der Waals surface area contributed by atoms with E-state index >= 15 is 0 Å². The standard InChI is InChI=1S/C23H33F3O/c1-2-3-4-16-5-9-18(10-6-16)19-11-7-17(8-12-19)15-27-21-14-13-20(24)22(25)23(21)26/h13-14,16-19H,2-12,15H2,1H3/t16-,17?,18-,19?. The molecule has 4 heteroatoms. The highest BCUT2D eigenvalue weighted by atomic mass is 19.2. The maximum atomic E-state index is 13.7. The molecule has 1 aromatic carbocycles. The Morgan fingerprint density at radius 3 is 2.00 bits per heavy atom. The lowest BCUT2D eigenvalue weighted by molar-refractivity contribution is 0.120. The number of rotatable bonds is 7. The molecule has 2 saturated carbocycles. The molecular weight excluding hydrogens is 349 g/mol. The van der Waals surface area contributed by atoms with Crippen LogP contribution in [0.3, 0.4) is 0 Å². The fraction of sp³-hybridized carbons (Fsp3) is 0.739. The summed E-state index contributed by atoms with van der Waals surface area (Å²) < 4.78 is 45.4. The topological polar surface area (TPSA) is 9.23 Å². The van der Waals surface area contributed by atoms with Crippen LogP contribution in [-0.2, 0) is 0 Å². The van der Waals surface area contributed by atoms with Gasteiger partial charge in [0.1, 0.15) is 0 Å². The highest BCUT2D eigenvalue weighted by Crippen LogP contribution is 2.42. The Kier molecular flexibility index (Phi) is 7.49. The van der Waals surface area contributed by atoms with E-state index in [9.17, 15) is 13.2 Å². The predicted molar refractivity (Wildman–Crippen MR) is 102 cm³/mol. The second kappa shape index (κ2) is 9.84. The molecular formula is C23H33F3O. The zero-order valence-corrected chi connectivity index (χ0v) is 16.5. The van der Waals surface area contributed by atoms with E-state index in [1.807, 2.05) is 0 Å². The normalized spacial score (nSPS) is 28.9. The van der Waals surface area contributed by atoms with Crippen LogP contribution in [-0.4, -0.2) is 6.61 Å². The fourth-order valence-corrected chi connectivity index (χ4v) is 5.09. The molecule has 0 bridgehead atoms. The predicted octanol–water partition coefficient (Wildman–Crippen LogP) is 7.29. The fourth-order valence-electron chi connectivity index (χ4n) is 5.09. The maximum Gasteiger partial charge on any atom is 0.203 e. The molecule has 0 aromatic heterocycles. The third kappa shape index (κ3) is 5.42. The van der Waals surface area contributed by atoms with Gasteiger partial charge in [-0.2, -0.15) is 4.39 Å². The summed E-state index contributed by atoms with van der Waals surface area (Å²) >= 11 is 0. The highest BCUT2D eigenvalue weighted by molar-refractivity contribution is 5.26. The Morgan fingerprint density at radius 1 is 0.815 bits per heavy atom. The van der Waals surface area contributed by atoms with Crippen LogP contribution in [0.1, 0.15) is 77.6 Å². The summed E-state index contributed by atoms with van der Waals surface area (Å²) in [7, 11) is 0. The van der Waals surface area contributed by atoms with Gasteiger partial charge in [0.2, 0.25) is 5.82 Å². The van der Waals surface area contributed by atoms with Gasteiger partial charge in [0.15, 0.2) is 17.4 Å². The molecule has 1 aromatic rings. The van der Waals surface area contributed by atoms with E-state index in [0.717, 1.165) is 36.7 Å². The number of ether oxygens (including phenoxy) is 1. The van der Waals surface area contributed by atoms with Crippen molar-refractivity contribution < 1.29 is 17.9 Å². The van der Waals surface area contributed by atoms with Crippen LogP contribution in [0.5, 0.6) is 5.75 Å². The van der Waals surface area contributed by atoms with Gasteiger partial charge in [-0.25, -0.2) is 8.78 Å². The van der Waals surface area contributed by atoms with E-state index in [2.05, 4.69) is 6.92 Å². The van der Waals surface area contributed by atoms with Crippen molar-refractivity contribution in [1.29, 1.82) is 0 Å². The third-order valence-electron chi connectivity index (χ3n) is 6.89. The van der Waals surface area contributed by atoms with Crippen molar-refractivity contribution in [3.63, 3.8) is 0 Å². The van der Waals surface area contributed by atoms with Gasteiger partial charge in [-0.3, -0.25) is 0 Å². The van der Waals surface area contributed by atoms with Crippen LogP contribution >= 0.6 is 0 Å². The van der Waals surface area contributed by atoms with Gasteiger partial charge in [0.05, 0.1) is 6.61 Å². The average Bonchev–Trinajstić information content (AvgIpc) is 2.71. The van der Waals surface area contributed by atoms with Gasteiger partial charge in [-0.05, 0) is 74.3 Å². The molecule has 1 nitrogen and oxygen atoms in total. The van der Waals surface area contributed by atoms with Gasteiger partial charge < -0.3 is 4.74 Å². The van der Waals surface area contributed by atoms with Crippen molar-refractivity contribution in [3.8, 4) is 5.75 Å². The Hall–Kier alpha value is -1.19. The van der Waals surface area contributed by atoms with Crippen LogP contribution in [0, 0.1) is 41.1 Å². The van der Waals surface area contributed by atoms with Crippen LogP contribution in [0.25, 0.3) is 0 Å². The summed E-state index contributed by atoms with van der Waals surface area (Å²) in [6.07, 6.45) is 14.3. The molecule has 3 rings (SSSR count). The maximum absolute atomic E-state index is 13.7. The van der Waals surface area contributed by atoms with E-state index < -0.39 is 17.5 Å². The third-order valence-corrected chi connectivity index (χ3v) is 6.89. The quantitative estimate of drug-likeness (QED) is 0.450. The summed E-state index contributed by atoms with van der Waals surface area (Å²) in [6.45, 7) is 2.66. The molecule has 0 spiro atoms. The first-order valence-corrected chi connectivity index (χ1v) is 10.8. The first kappa shape index (κ1) is 20.5. The summed E-state index contributed by atoms with van der Waals surface area (Å²) in [5, 5.41) is 0. The molecule has 0 atom stereocenters. The second-order valence-electron chi connectivity index (χ2n) is 8.69. The van der Waals surface area contributed by atoms with Crippen LogP contribution < -0.4 is 4.74 Å². The van der Waals surface area contributed by atoms with Crippen molar-refractivity contribution >= 4 is 0 Å². The molecule has 2 aliphatic carbocycles. The van der Waals surface area contributed by atoms with Gasteiger partial charge >= 0.3 is 0 Å². The largest absolute Gasteiger partial charge is 0.490 e. The van der Waals surface area contributed by atoms with Crippen molar-refractivity contribution in [2.75, 3.05) is 6.61 Å². The molecule has 0 N–H and O–H groups in total. The molecule has 0 amide bonds. The molecule has 152 valence electrons. The van der Waals surface area contributed by atoms with E-state index in [4.69, 9.17) is 4.74 Å². The smallest absolute Gasteiger partial charge is 0.203 e. The van der Waals surface area contributed by atoms with E-state index in [1.54, 1.807) is 0 Å². The lowest BCUT2D eigenvalue weighted by Crippen LogP contribution is -2.27. The molecule has 2 fully saturated rings. The molecule has 0 heterocycles. The van der Waals surface area contributed by atoms with Crippen molar-refractivity contribution in [2.24, 2.45) is 23.7 Å². The van der Waals surface area contributed by atoms with Gasteiger partial charge in [0, 0.05) is 0 Å². The average molecular weight is 383 g/mol. The van der Waals surface area contributed by atoms with E-state index in [-0.39, 0.29) is 5.75 Å². The van der Waals surface area contributed by atoms with Crippen LogP contribution in [0.15, 0.2) is 12.1 Å². The van der Waals surface area contributed by atoms with Crippen molar-refractivity contribution in [2.45, 2.75) is 77.6 Å². The summed E-state index contributed by atoms with van der Waals surface area (Å²) in [5.74, 6) is -0.978. The lowest BCUT2D eigenvalue weighted by atomic mass is 9.69. The first-order valence-electron chi connectivity index (χ1n) is 10.8. The Labute approximate surface area is 161 Å². The number of unbranched alkanes of at least 4 members (excludes halogenated alkanes) is 1. The minimum atomic E-state index is -1.45. The number of hydrogen-bond acceptors (Lipinski definition) is 1. The number of halogens is 3. The monoisotopic (exact) mass is 382 g/mol. The first-order chi connectivity index (χ1) is 13.1. The second-order valence-corrected chi connectivity index (χ2v) is 8.69. The molecule has 0 aliphatic heterocycles. The molecule has 0 unspecified atom stereocenters. The Balaban J connectivity index is 1.39. The number of hydrogen-bond donors (Lipinski definition) is 0. The lowest BCUT2D eigenvalue weighted by Gasteiger charge is -2.37. The van der Waals surface area contributed by atoms with E-state index in [0.29, 0.717) is 12.5 Å². The zero-order valence-electron chi connectivity index (χ0n) is 16.5. The van der Waals surface area contributed by atoms with Crippen molar-refractivity contribution in [3.05, 3.63) is 29.6 Å². The van der Waals surface area contributed by atoms with Crippen molar-refractivity contribution in [1.82, 2.24) is 0 Å². The van der Waals surface area contributed by atoms with Gasteiger partial charge in [0.25, 0.3) is 0 Å². The molecule has 0 saturated heterocycles.